The number of methoxy groups -OCH3 is 1. The summed E-state index contributed by atoms with van der Waals surface area (Å²) in [5.74, 6) is -4.09. The fourth-order valence-electron chi connectivity index (χ4n) is 12.0. The molecule has 10 rings (SSSR count). The van der Waals surface area contributed by atoms with E-state index < -0.39 is 138 Å². The number of nitrogen functional groups attached to an aromatic ring is 2. The lowest BCUT2D eigenvalue weighted by molar-refractivity contribution is -0.223. The fraction of sp³-hybridized carbons (Fsp3) is 0.370. The molecule has 2 saturated heterocycles. The first-order chi connectivity index (χ1) is 57.5. The Hall–Kier alpha value is -11.3. The maximum atomic E-state index is 13.2. The number of Topliss-reactive ketones (excluding diaryl/α,β-unsaturated/α-hetero) is 2. The number of carboxylic acids is 1. The number of allylic oxidation sites excluding steroid dienone is 2. The molecule has 0 saturated carbocycles. The summed E-state index contributed by atoms with van der Waals surface area (Å²) >= 11 is 0. The van der Waals surface area contributed by atoms with Crippen molar-refractivity contribution in [1.82, 2.24) is 39.7 Å². The van der Waals surface area contributed by atoms with Gasteiger partial charge in [-0.3, -0.25) is 51.1 Å². The number of esters is 2. The number of halogens is 1. The molecule has 35 nitrogen and oxygen atoms in total. The number of nitrogens with zero attached hydrogens (tertiary/aromatic N) is 7. The van der Waals surface area contributed by atoms with Crippen molar-refractivity contribution in [2.24, 2.45) is 17.6 Å². The van der Waals surface area contributed by atoms with Crippen LogP contribution in [0.5, 0.6) is 0 Å². The summed E-state index contributed by atoms with van der Waals surface area (Å²) in [7, 11) is -7.18. The highest BCUT2D eigenvalue weighted by Gasteiger charge is 2.47. The number of nitrogens with one attached hydrogen (secondary N) is 2. The zero-order chi connectivity index (χ0) is 88.3. The molecule has 0 spiro atoms. The number of carbonyl (C=O) groups is 7. The SMILES string of the molecule is C=CCCC(=O)C[C@@H](Cc1ccccc1)C(=O)N[C@@H](Cc1ccccc1)C(=O)OC.C=CCCC(=O)C[C@@H](Cc1ccccc1)C(=O)N[C@@H](Cc1ccccc1)C(=O)OCC#N.CF.N[C@@H](Cc1ccccc1)C(=O)O.Nc1ccn([C@H]2CC(OP(=O)(O)OC[C@H]3O[C@@H](n4cnc5c(N)ncnc54)[C@@H](O)C3O)[C@@H](COP(=O)([O-])O)O2)c(=O)n1.[2H]C. The van der Waals surface area contributed by atoms with Gasteiger partial charge < -0.3 is 81.3 Å². The van der Waals surface area contributed by atoms with E-state index in [-0.39, 0.29) is 66.0 Å². The van der Waals surface area contributed by atoms with Crippen LogP contribution in [0, 0.1) is 23.2 Å². The van der Waals surface area contributed by atoms with Gasteiger partial charge in [-0.25, -0.2) is 33.9 Å². The molecule has 2 aliphatic rings. The Labute approximate surface area is 687 Å². The summed E-state index contributed by atoms with van der Waals surface area (Å²) in [6.07, 6.45) is 0.805. The molecule has 2 aliphatic heterocycles. The molecule has 3 aromatic heterocycles. The molecular formula is C81H100FN12O23P2-. The number of aliphatic hydroxyl groups is 2. The number of carboxylic acid groups (broad SMARTS) is 1. The highest BCUT2D eigenvalue weighted by Crippen LogP contribution is 2.50. The zero-order valence-electron chi connectivity index (χ0n) is 66.6. The lowest BCUT2D eigenvalue weighted by Crippen LogP contribution is -2.46. The lowest BCUT2D eigenvalue weighted by Gasteiger charge is -2.24. The third-order valence-electron chi connectivity index (χ3n) is 17.9. The lowest BCUT2D eigenvalue weighted by atomic mass is 9.91. The highest BCUT2D eigenvalue weighted by atomic mass is 31.2. The zero-order valence-corrected chi connectivity index (χ0v) is 67.4. The quantitative estimate of drug-likeness (QED) is 0.0116. The van der Waals surface area contributed by atoms with Gasteiger partial charge in [-0.1, -0.05) is 171 Å². The summed E-state index contributed by atoms with van der Waals surface area (Å²) < 4.78 is 77.1. The average molecular weight is 1690 g/mol. The van der Waals surface area contributed by atoms with Gasteiger partial charge in [0.2, 0.25) is 11.8 Å². The number of aliphatic carboxylic acids is 1. The Bertz CT molecular complexity index is 4760. The predicted molar refractivity (Wildman–Crippen MR) is 431 cm³/mol. The third kappa shape index (κ3) is 33.2. The molecule has 0 radical (unpaired) electrons. The number of carbonyl (C=O) groups excluding carboxylic acids is 6. The first kappa shape index (κ1) is 96.6. The number of benzene rings is 5. The van der Waals surface area contributed by atoms with Crippen LogP contribution >= 0.6 is 15.6 Å². The number of fused-ring (bicyclic) bond motifs is 1. The van der Waals surface area contributed by atoms with Crippen molar-refractivity contribution < 1.29 is 111 Å². The second-order valence-corrected chi connectivity index (χ2v) is 29.1. The number of nitriles is 1. The maximum absolute atomic E-state index is 13.2. The predicted octanol–water partition coefficient (Wildman–Crippen LogP) is 6.23. The number of alkyl halides is 1. The molecule has 0 bridgehead atoms. The van der Waals surface area contributed by atoms with Crippen LogP contribution in [0.2, 0.25) is 0 Å². The summed E-state index contributed by atoms with van der Waals surface area (Å²) in [5, 5.41) is 43.9. The van der Waals surface area contributed by atoms with Gasteiger partial charge in [0.25, 0.3) is 7.82 Å². The summed E-state index contributed by atoms with van der Waals surface area (Å²) in [5.41, 5.74) is 20.8. The third-order valence-corrected chi connectivity index (χ3v) is 19.4. The van der Waals surface area contributed by atoms with E-state index in [4.69, 9.17) is 61.8 Å². The van der Waals surface area contributed by atoms with Crippen molar-refractivity contribution in [3.05, 3.63) is 240 Å². The molecule has 640 valence electrons. The van der Waals surface area contributed by atoms with E-state index in [9.17, 15) is 71.9 Å². The normalized spacial score (nSPS) is 18.6. The first-order valence-electron chi connectivity index (χ1n) is 37.8. The number of imidazole rings is 1. The van der Waals surface area contributed by atoms with Crippen molar-refractivity contribution in [3.63, 3.8) is 0 Å². The molecule has 4 unspecified atom stereocenters. The topological polar surface area (TPSA) is 547 Å². The number of rotatable bonds is 38. The van der Waals surface area contributed by atoms with Gasteiger partial charge in [0, 0.05) is 64.3 Å². The van der Waals surface area contributed by atoms with Crippen LogP contribution in [0.4, 0.5) is 16.0 Å². The molecule has 2 amide bonds. The molecule has 5 heterocycles. The molecular weight excluding hydrogens is 1590 g/mol. The minimum atomic E-state index is -5.22. The Kier molecular flexibility index (Phi) is 41.0. The largest absolute Gasteiger partial charge is 0.756 e. The van der Waals surface area contributed by atoms with Crippen LogP contribution < -0.4 is 38.4 Å². The van der Waals surface area contributed by atoms with Crippen molar-refractivity contribution in [1.29, 1.82) is 5.26 Å². The van der Waals surface area contributed by atoms with Crippen LogP contribution in [0.3, 0.4) is 0 Å². The van der Waals surface area contributed by atoms with Gasteiger partial charge in [-0.15, -0.1) is 13.2 Å². The van der Waals surface area contributed by atoms with Gasteiger partial charge in [0.15, 0.2) is 24.3 Å². The standard InChI is InChI=1S/C26H28N2O4.C25H29NO4.C19H26N8O13P2.C9H11NO2.CH3F.CH4/c1-2-3-14-23(29)19-22(17-20-10-6-4-7-11-20)25(30)28-24(26(31)32-16-15-27)18-21-12-8-5-9-13-21;1-3-4-15-22(27)18-21(16-19-11-7-5-8-12-19)24(28)26-23(25(29)30-2)17-20-13-9-6-10-14-20;20-11-1-2-26(19(30)25-11)12-3-8(9(38-12)4-36-41(31,32)33)40-42(34,35)37-5-10-14(28)15(29)18(39-10)27-7-24-13-16(21)22-6-23-17(13)27;10-8(9(11)12)6-7-4-2-1-3-5-7;1-2;/h2,4-13,22,24H,1,3,14,16-19H2,(H,28,30);3,5-14,21,23H,1,4,15-18H2,2H3,(H,26,28);1-2,6-10,12,14-15,18,28-29H,3-5H2,(H,34,35)(H2,20,25,30)(H2,21,22,23)(H2,31,32,33);1-5,8H,6,10H2,(H,11,12);1H3;1H4/p-1/t22-,24+;21-,23+;8?,9-,10-,12-,14?,15+,18-;8-;;/m1110../s1/i;;;;;1D. The molecule has 8 aromatic rings. The number of ether oxygens (including phenoxy) is 4. The number of aromatic nitrogens is 6. The van der Waals surface area contributed by atoms with Gasteiger partial charge in [0.1, 0.15) is 90.2 Å². The second kappa shape index (κ2) is 50.5. The number of phosphoric acid groups is 2. The van der Waals surface area contributed by atoms with Gasteiger partial charge in [-0.05, 0) is 66.0 Å². The van der Waals surface area contributed by atoms with Gasteiger partial charge in [-0.2, -0.15) is 10.2 Å². The van der Waals surface area contributed by atoms with Crippen LogP contribution in [-0.2, 0) is 107 Å². The second-order valence-electron chi connectivity index (χ2n) is 26.5. The molecule has 14 atom stereocenters. The summed E-state index contributed by atoms with van der Waals surface area (Å²) in [6.45, 7) is 5.28. The Morgan fingerprint density at radius 1 is 0.689 bits per heavy atom. The summed E-state index contributed by atoms with van der Waals surface area (Å²) in [4.78, 5) is 144. The molecule has 38 heteroatoms. The number of hydrogen-bond donors (Lipinski definition) is 10. The molecule has 119 heavy (non-hydrogen) atoms. The average Bonchev–Trinajstić information content (AvgIpc) is 1.62. The van der Waals surface area contributed by atoms with E-state index >= 15 is 0 Å². The van der Waals surface area contributed by atoms with E-state index in [2.05, 4.69) is 48.3 Å². The van der Waals surface area contributed by atoms with Gasteiger partial charge in [0.05, 0.1) is 33.8 Å². The van der Waals surface area contributed by atoms with Crippen LogP contribution in [0.1, 0.15) is 94.0 Å². The van der Waals surface area contributed by atoms with Crippen molar-refractivity contribution >= 4 is 79.7 Å². The number of anilines is 2. The number of ketones is 2. The van der Waals surface area contributed by atoms with Crippen LogP contribution in [0.15, 0.2) is 207 Å². The van der Waals surface area contributed by atoms with E-state index in [0.717, 1.165) is 32.4 Å². The Balaban J connectivity index is 0.000000297. The van der Waals surface area contributed by atoms with E-state index in [1.807, 2.05) is 152 Å². The number of aliphatic hydroxyl groups excluding tert-OH is 2. The Morgan fingerprint density at radius 2 is 1.15 bits per heavy atom. The summed E-state index contributed by atoms with van der Waals surface area (Å²) in [6, 6.07) is 47.5. The van der Waals surface area contributed by atoms with Crippen LogP contribution in [0.25, 0.3) is 11.2 Å². The van der Waals surface area contributed by atoms with E-state index in [0.29, 0.717) is 58.5 Å². The van der Waals surface area contributed by atoms with Crippen molar-refractivity contribution in [3.8, 4) is 6.07 Å². The minimum absolute atomic E-state index is 0.00339. The fourth-order valence-corrected chi connectivity index (χ4v) is 13.3. The minimum Gasteiger partial charge on any atom is -0.756 e. The number of amides is 2. The van der Waals surface area contributed by atoms with Crippen molar-refractivity contribution in [2.75, 3.05) is 45.6 Å². The van der Waals surface area contributed by atoms with E-state index in [1.54, 1.807) is 18.2 Å². The monoisotopic (exact) mass is 1690 g/mol. The highest BCUT2D eigenvalue weighted by molar-refractivity contribution is 7.47. The number of hydrogen-bond acceptors (Lipinski definition) is 28. The van der Waals surface area contributed by atoms with Crippen LogP contribution in [-0.4, -0.2) is 178 Å². The smallest absolute Gasteiger partial charge is 0.472 e. The molecule has 13 N–H and O–H groups in total. The maximum Gasteiger partial charge on any atom is 0.472 e. The Morgan fingerprint density at radius 3 is 1.60 bits per heavy atom. The van der Waals surface area contributed by atoms with E-state index in [1.165, 1.54) is 44.0 Å². The van der Waals surface area contributed by atoms with Crippen molar-refractivity contribution in [2.45, 2.75) is 146 Å². The molecule has 2 fully saturated rings. The molecule has 5 aromatic carbocycles. The van der Waals surface area contributed by atoms with Gasteiger partial charge >= 0.3 is 31.4 Å². The number of nitrogens with two attached hydrogens (primary N) is 3. The first-order valence-corrected chi connectivity index (χ1v) is 39.8. The molecule has 0 aliphatic carbocycles. The number of phosphoric ester groups is 2.